The Morgan fingerprint density at radius 1 is 0.880 bits per heavy atom. The van der Waals surface area contributed by atoms with Gasteiger partial charge in [0.05, 0.1) is 11.7 Å². The summed E-state index contributed by atoms with van der Waals surface area (Å²) < 4.78 is 0. The van der Waals surface area contributed by atoms with Crippen molar-refractivity contribution in [2.75, 3.05) is 0 Å². The van der Waals surface area contributed by atoms with Gasteiger partial charge in [-0.3, -0.25) is 5.10 Å². The standard InChI is InChI=1S/C22H25N3/c1-12(2)17-7-16-11-24-25-20(16)9-19(17)15-6-18(13(3)4)22-14(5)10-23-21(22)8-15/h6-13,23H,1-5H3,(H,24,25). The number of rotatable bonds is 3. The molecule has 0 atom stereocenters. The molecule has 0 unspecified atom stereocenters. The summed E-state index contributed by atoms with van der Waals surface area (Å²) in [7, 11) is 0. The van der Waals surface area contributed by atoms with Gasteiger partial charge < -0.3 is 4.98 Å². The van der Waals surface area contributed by atoms with E-state index in [4.69, 9.17) is 0 Å². The Morgan fingerprint density at radius 3 is 2.36 bits per heavy atom. The summed E-state index contributed by atoms with van der Waals surface area (Å²) in [6.45, 7) is 11.2. The van der Waals surface area contributed by atoms with Gasteiger partial charge in [-0.05, 0) is 64.8 Å². The minimum absolute atomic E-state index is 0.456. The smallest absolute Gasteiger partial charge is 0.0656 e. The van der Waals surface area contributed by atoms with Crippen molar-refractivity contribution in [1.82, 2.24) is 15.2 Å². The third kappa shape index (κ3) is 2.55. The van der Waals surface area contributed by atoms with Gasteiger partial charge in [0, 0.05) is 22.5 Å². The highest BCUT2D eigenvalue weighted by molar-refractivity contribution is 5.93. The second-order valence-corrected chi connectivity index (χ2v) is 7.67. The van der Waals surface area contributed by atoms with E-state index in [2.05, 4.69) is 80.3 Å². The van der Waals surface area contributed by atoms with Crippen LogP contribution >= 0.6 is 0 Å². The van der Waals surface area contributed by atoms with Crippen LogP contribution in [0.2, 0.25) is 0 Å². The van der Waals surface area contributed by atoms with Gasteiger partial charge in [-0.25, -0.2) is 0 Å². The Kier molecular flexibility index (Phi) is 3.68. The summed E-state index contributed by atoms with van der Waals surface area (Å²) in [4.78, 5) is 3.45. The molecule has 0 aliphatic heterocycles. The van der Waals surface area contributed by atoms with E-state index in [0.717, 1.165) is 5.52 Å². The molecule has 0 aliphatic carbocycles. The minimum Gasteiger partial charge on any atom is -0.361 e. The maximum Gasteiger partial charge on any atom is 0.0656 e. The van der Waals surface area contributed by atoms with Gasteiger partial charge in [0.1, 0.15) is 0 Å². The molecule has 2 N–H and O–H groups in total. The molecule has 2 heterocycles. The van der Waals surface area contributed by atoms with Crippen molar-refractivity contribution in [2.24, 2.45) is 0 Å². The molecular formula is C22H25N3. The number of aryl methyl sites for hydroxylation is 1. The van der Waals surface area contributed by atoms with Crippen LogP contribution in [0.25, 0.3) is 32.9 Å². The second-order valence-electron chi connectivity index (χ2n) is 7.67. The molecule has 0 spiro atoms. The van der Waals surface area contributed by atoms with Crippen molar-refractivity contribution in [1.29, 1.82) is 0 Å². The molecule has 2 aromatic heterocycles. The molecule has 128 valence electrons. The zero-order valence-corrected chi connectivity index (χ0v) is 15.6. The van der Waals surface area contributed by atoms with Gasteiger partial charge in [0.25, 0.3) is 0 Å². The third-order valence-electron chi connectivity index (χ3n) is 5.17. The lowest BCUT2D eigenvalue weighted by molar-refractivity contribution is 0.868. The number of fused-ring (bicyclic) bond motifs is 2. The Labute approximate surface area is 148 Å². The van der Waals surface area contributed by atoms with Gasteiger partial charge in [-0.2, -0.15) is 5.10 Å². The summed E-state index contributed by atoms with van der Waals surface area (Å²) in [5.74, 6) is 0.938. The molecule has 0 aliphatic rings. The van der Waals surface area contributed by atoms with Crippen LogP contribution in [0.1, 0.15) is 56.2 Å². The van der Waals surface area contributed by atoms with Crippen LogP contribution in [0, 0.1) is 6.92 Å². The molecule has 25 heavy (non-hydrogen) atoms. The number of nitrogens with zero attached hydrogens (tertiary/aromatic N) is 1. The predicted octanol–water partition coefficient (Wildman–Crippen LogP) is 6.27. The number of aromatic amines is 2. The average molecular weight is 331 g/mol. The first-order valence-electron chi connectivity index (χ1n) is 9.04. The molecule has 2 aromatic carbocycles. The molecule has 4 aromatic rings. The van der Waals surface area contributed by atoms with Crippen LogP contribution in [0.4, 0.5) is 0 Å². The van der Waals surface area contributed by atoms with E-state index in [1.54, 1.807) is 0 Å². The Hall–Kier alpha value is -2.55. The zero-order chi connectivity index (χ0) is 17.7. The predicted molar refractivity (Wildman–Crippen MR) is 106 cm³/mol. The van der Waals surface area contributed by atoms with Crippen molar-refractivity contribution >= 4 is 21.8 Å². The van der Waals surface area contributed by atoms with Crippen molar-refractivity contribution in [3.05, 3.63) is 53.3 Å². The number of H-pyrrole nitrogens is 2. The van der Waals surface area contributed by atoms with Crippen molar-refractivity contribution in [3.8, 4) is 11.1 Å². The summed E-state index contributed by atoms with van der Waals surface area (Å²) in [5.41, 5.74) is 8.97. The van der Waals surface area contributed by atoms with E-state index in [1.165, 1.54) is 44.1 Å². The zero-order valence-electron chi connectivity index (χ0n) is 15.6. The van der Waals surface area contributed by atoms with Crippen LogP contribution in [-0.4, -0.2) is 15.2 Å². The molecule has 0 bridgehead atoms. The maximum atomic E-state index is 4.20. The summed E-state index contributed by atoms with van der Waals surface area (Å²) in [6, 6.07) is 9.19. The van der Waals surface area contributed by atoms with E-state index in [0.29, 0.717) is 11.8 Å². The number of benzene rings is 2. The molecule has 4 rings (SSSR count). The minimum atomic E-state index is 0.456. The molecule has 0 amide bonds. The van der Waals surface area contributed by atoms with Crippen molar-refractivity contribution in [2.45, 2.75) is 46.5 Å². The van der Waals surface area contributed by atoms with Crippen LogP contribution < -0.4 is 0 Å². The van der Waals surface area contributed by atoms with Crippen LogP contribution in [0.5, 0.6) is 0 Å². The van der Waals surface area contributed by atoms with Gasteiger partial charge in [0.2, 0.25) is 0 Å². The van der Waals surface area contributed by atoms with Crippen molar-refractivity contribution in [3.63, 3.8) is 0 Å². The lowest BCUT2D eigenvalue weighted by atomic mass is 9.88. The Morgan fingerprint density at radius 2 is 1.64 bits per heavy atom. The fourth-order valence-electron chi connectivity index (χ4n) is 3.82. The highest BCUT2D eigenvalue weighted by atomic mass is 15.1. The Bertz CT molecular complexity index is 1060. The summed E-state index contributed by atoms with van der Waals surface area (Å²) in [5, 5.41) is 9.86. The fourth-order valence-corrected chi connectivity index (χ4v) is 3.82. The van der Waals surface area contributed by atoms with Gasteiger partial charge >= 0.3 is 0 Å². The number of aromatic nitrogens is 3. The van der Waals surface area contributed by atoms with E-state index in [1.807, 2.05) is 6.20 Å². The molecular weight excluding hydrogens is 306 g/mol. The van der Waals surface area contributed by atoms with E-state index < -0.39 is 0 Å². The van der Waals surface area contributed by atoms with E-state index in [9.17, 15) is 0 Å². The first-order valence-corrected chi connectivity index (χ1v) is 9.04. The first kappa shape index (κ1) is 15.9. The quantitative estimate of drug-likeness (QED) is 0.457. The lowest BCUT2D eigenvalue weighted by Crippen LogP contribution is -1.96. The van der Waals surface area contributed by atoms with Gasteiger partial charge in [0.15, 0.2) is 0 Å². The molecule has 0 fully saturated rings. The third-order valence-corrected chi connectivity index (χ3v) is 5.17. The average Bonchev–Trinajstić information content (AvgIpc) is 3.19. The topological polar surface area (TPSA) is 44.5 Å². The van der Waals surface area contributed by atoms with Crippen LogP contribution in [0.15, 0.2) is 36.7 Å². The normalized spacial score (nSPS) is 12.1. The number of hydrogen-bond donors (Lipinski definition) is 2. The molecule has 3 nitrogen and oxygen atoms in total. The lowest BCUT2D eigenvalue weighted by Gasteiger charge is -2.17. The maximum absolute atomic E-state index is 4.20. The summed E-state index contributed by atoms with van der Waals surface area (Å²) >= 11 is 0. The monoisotopic (exact) mass is 331 g/mol. The molecule has 3 heteroatoms. The molecule has 0 radical (unpaired) electrons. The highest BCUT2D eigenvalue weighted by Crippen LogP contribution is 2.37. The van der Waals surface area contributed by atoms with Gasteiger partial charge in [-0.1, -0.05) is 33.8 Å². The first-order chi connectivity index (χ1) is 12.0. The van der Waals surface area contributed by atoms with Gasteiger partial charge in [-0.15, -0.1) is 0 Å². The number of hydrogen-bond acceptors (Lipinski definition) is 1. The second kappa shape index (κ2) is 5.76. The highest BCUT2D eigenvalue weighted by Gasteiger charge is 2.16. The van der Waals surface area contributed by atoms with Crippen molar-refractivity contribution < 1.29 is 0 Å². The number of nitrogens with one attached hydrogen (secondary N) is 2. The van der Waals surface area contributed by atoms with E-state index in [-0.39, 0.29) is 0 Å². The van der Waals surface area contributed by atoms with E-state index >= 15 is 0 Å². The van der Waals surface area contributed by atoms with Crippen LogP contribution in [0.3, 0.4) is 0 Å². The Balaban J connectivity index is 2.04. The largest absolute Gasteiger partial charge is 0.361 e. The van der Waals surface area contributed by atoms with Crippen LogP contribution in [-0.2, 0) is 0 Å². The molecule has 0 saturated carbocycles. The molecule has 0 saturated heterocycles. The fraction of sp³-hybridized carbons (Fsp3) is 0.318. The SMILES string of the molecule is Cc1c[nH]c2cc(-c3cc4[nH]ncc4cc3C(C)C)cc(C(C)C)c12. The summed E-state index contributed by atoms with van der Waals surface area (Å²) in [6.07, 6.45) is 4.02.